The summed E-state index contributed by atoms with van der Waals surface area (Å²) < 4.78 is 0. The highest BCUT2D eigenvalue weighted by molar-refractivity contribution is 7.10. The lowest BCUT2D eigenvalue weighted by Crippen LogP contribution is -2.37. The van der Waals surface area contributed by atoms with Crippen LogP contribution in [0.1, 0.15) is 42.4 Å². The molecule has 2 nitrogen and oxygen atoms in total. The lowest BCUT2D eigenvalue weighted by Gasteiger charge is -2.23. The average molecular weight is 258 g/mol. The SMILES string of the molecule is O=C(NC1CCCCC1)C(Cl)c1cccs1. The minimum atomic E-state index is -0.526. The van der Waals surface area contributed by atoms with Crippen molar-refractivity contribution in [3.8, 4) is 0 Å². The molecule has 16 heavy (non-hydrogen) atoms. The molecular formula is C12H16ClNOS. The fraction of sp³-hybridized carbons (Fsp3) is 0.583. The maximum Gasteiger partial charge on any atom is 0.243 e. The number of hydrogen-bond donors (Lipinski definition) is 1. The number of thiophene rings is 1. The highest BCUT2D eigenvalue weighted by Crippen LogP contribution is 2.26. The molecule has 0 aliphatic heterocycles. The van der Waals surface area contributed by atoms with Crippen molar-refractivity contribution in [3.63, 3.8) is 0 Å². The molecule has 1 N–H and O–H groups in total. The summed E-state index contributed by atoms with van der Waals surface area (Å²) in [4.78, 5) is 12.8. The topological polar surface area (TPSA) is 29.1 Å². The Morgan fingerprint density at radius 2 is 2.19 bits per heavy atom. The van der Waals surface area contributed by atoms with E-state index in [1.807, 2.05) is 17.5 Å². The van der Waals surface area contributed by atoms with Gasteiger partial charge in [-0.1, -0.05) is 25.3 Å². The highest BCUT2D eigenvalue weighted by Gasteiger charge is 2.22. The number of carbonyl (C=O) groups excluding carboxylic acids is 1. The van der Waals surface area contributed by atoms with Crippen LogP contribution in [0.25, 0.3) is 0 Å². The Hall–Kier alpha value is -0.540. The Morgan fingerprint density at radius 1 is 1.44 bits per heavy atom. The first-order chi connectivity index (χ1) is 7.77. The first-order valence-corrected chi connectivity index (χ1v) is 7.07. The number of carbonyl (C=O) groups is 1. The molecule has 1 unspecified atom stereocenters. The fourth-order valence-electron chi connectivity index (χ4n) is 2.09. The van der Waals surface area contributed by atoms with E-state index in [0.717, 1.165) is 17.7 Å². The Kier molecular flexibility index (Phi) is 4.24. The van der Waals surface area contributed by atoms with E-state index in [0.29, 0.717) is 6.04 Å². The van der Waals surface area contributed by atoms with E-state index in [-0.39, 0.29) is 5.91 Å². The van der Waals surface area contributed by atoms with Gasteiger partial charge in [-0.05, 0) is 24.3 Å². The van der Waals surface area contributed by atoms with Gasteiger partial charge >= 0.3 is 0 Å². The number of amides is 1. The molecule has 0 saturated heterocycles. The van der Waals surface area contributed by atoms with Crippen molar-refractivity contribution in [1.29, 1.82) is 0 Å². The molecule has 88 valence electrons. The molecule has 1 amide bonds. The molecule has 4 heteroatoms. The highest BCUT2D eigenvalue weighted by atomic mass is 35.5. The largest absolute Gasteiger partial charge is 0.352 e. The van der Waals surface area contributed by atoms with E-state index in [4.69, 9.17) is 11.6 Å². The second kappa shape index (κ2) is 5.69. The van der Waals surface area contributed by atoms with Gasteiger partial charge in [-0.25, -0.2) is 0 Å². The van der Waals surface area contributed by atoms with Gasteiger partial charge in [0.25, 0.3) is 0 Å². The quantitative estimate of drug-likeness (QED) is 0.826. The van der Waals surface area contributed by atoms with Crippen LogP contribution in [0.15, 0.2) is 17.5 Å². The first kappa shape index (κ1) is 11.9. The van der Waals surface area contributed by atoms with Crippen molar-refractivity contribution >= 4 is 28.8 Å². The average Bonchev–Trinajstić information content (AvgIpc) is 2.83. The van der Waals surface area contributed by atoms with Crippen LogP contribution >= 0.6 is 22.9 Å². The molecular weight excluding hydrogens is 242 g/mol. The minimum Gasteiger partial charge on any atom is -0.352 e. The predicted molar refractivity (Wildman–Crippen MR) is 67.9 cm³/mol. The van der Waals surface area contributed by atoms with Crippen LogP contribution < -0.4 is 5.32 Å². The number of rotatable bonds is 3. The van der Waals surface area contributed by atoms with E-state index in [9.17, 15) is 4.79 Å². The normalized spacial score (nSPS) is 19.3. The Labute approximate surface area is 105 Å². The number of nitrogens with one attached hydrogen (secondary N) is 1. The Morgan fingerprint density at radius 3 is 2.81 bits per heavy atom. The standard InChI is InChI=1S/C12H16ClNOS/c13-11(10-7-4-8-16-10)12(15)14-9-5-2-1-3-6-9/h4,7-9,11H,1-3,5-6H2,(H,14,15). The molecule has 1 aromatic rings. The summed E-state index contributed by atoms with van der Waals surface area (Å²) >= 11 is 7.64. The summed E-state index contributed by atoms with van der Waals surface area (Å²) in [6.45, 7) is 0. The third kappa shape index (κ3) is 2.98. The van der Waals surface area contributed by atoms with E-state index in [2.05, 4.69) is 5.32 Å². The van der Waals surface area contributed by atoms with Crippen molar-refractivity contribution in [2.24, 2.45) is 0 Å². The summed E-state index contributed by atoms with van der Waals surface area (Å²) in [7, 11) is 0. The maximum absolute atomic E-state index is 11.9. The number of hydrogen-bond acceptors (Lipinski definition) is 2. The Bertz CT molecular complexity index is 333. The molecule has 1 saturated carbocycles. The van der Waals surface area contributed by atoms with Crippen LogP contribution in [0.3, 0.4) is 0 Å². The third-order valence-corrected chi connectivity index (χ3v) is 4.47. The second-order valence-corrected chi connectivity index (χ2v) is 5.64. The van der Waals surface area contributed by atoms with Crippen LogP contribution in [0, 0.1) is 0 Å². The van der Waals surface area contributed by atoms with Crippen molar-refractivity contribution in [3.05, 3.63) is 22.4 Å². The summed E-state index contributed by atoms with van der Waals surface area (Å²) in [6.07, 6.45) is 5.93. The number of alkyl halides is 1. The van der Waals surface area contributed by atoms with Gasteiger partial charge in [0, 0.05) is 10.9 Å². The summed E-state index contributed by atoms with van der Waals surface area (Å²) in [5.41, 5.74) is 0. The van der Waals surface area contributed by atoms with Crippen molar-refractivity contribution in [1.82, 2.24) is 5.32 Å². The van der Waals surface area contributed by atoms with Gasteiger partial charge in [-0.3, -0.25) is 4.79 Å². The molecule has 0 radical (unpaired) electrons. The monoisotopic (exact) mass is 257 g/mol. The summed E-state index contributed by atoms with van der Waals surface area (Å²) in [5, 5.41) is 4.46. The molecule has 0 bridgehead atoms. The van der Waals surface area contributed by atoms with Gasteiger partial charge < -0.3 is 5.32 Å². The molecule has 1 aromatic heterocycles. The minimum absolute atomic E-state index is 0.0454. The van der Waals surface area contributed by atoms with Crippen LogP contribution in [0.2, 0.25) is 0 Å². The molecule has 0 spiro atoms. The van der Waals surface area contributed by atoms with E-state index in [1.165, 1.54) is 30.6 Å². The smallest absolute Gasteiger partial charge is 0.243 e. The lowest BCUT2D eigenvalue weighted by atomic mass is 9.95. The van der Waals surface area contributed by atoms with Crippen molar-refractivity contribution in [2.45, 2.75) is 43.5 Å². The molecule has 1 heterocycles. The zero-order valence-electron chi connectivity index (χ0n) is 9.12. The van der Waals surface area contributed by atoms with Gasteiger partial charge in [0.05, 0.1) is 0 Å². The zero-order chi connectivity index (χ0) is 11.4. The van der Waals surface area contributed by atoms with Crippen molar-refractivity contribution in [2.75, 3.05) is 0 Å². The summed E-state index contributed by atoms with van der Waals surface area (Å²) in [6, 6.07) is 4.16. The summed E-state index contributed by atoms with van der Waals surface area (Å²) in [5.74, 6) is -0.0454. The van der Waals surface area contributed by atoms with Gasteiger partial charge in [-0.2, -0.15) is 0 Å². The first-order valence-electron chi connectivity index (χ1n) is 5.75. The maximum atomic E-state index is 11.9. The molecule has 1 fully saturated rings. The van der Waals surface area contributed by atoms with Crippen LogP contribution in [0.4, 0.5) is 0 Å². The van der Waals surface area contributed by atoms with Gasteiger partial charge in [0.1, 0.15) is 5.38 Å². The van der Waals surface area contributed by atoms with E-state index < -0.39 is 5.38 Å². The molecule has 2 rings (SSSR count). The zero-order valence-corrected chi connectivity index (χ0v) is 10.7. The lowest BCUT2D eigenvalue weighted by molar-refractivity contribution is -0.121. The predicted octanol–water partition coefficient (Wildman–Crippen LogP) is 3.48. The number of halogens is 1. The molecule has 1 aliphatic rings. The fourth-order valence-corrected chi connectivity index (χ4v) is 3.07. The van der Waals surface area contributed by atoms with Gasteiger partial charge in [0.2, 0.25) is 5.91 Å². The van der Waals surface area contributed by atoms with Gasteiger partial charge in [-0.15, -0.1) is 22.9 Å². The molecule has 1 aliphatic carbocycles. The van der Waals surface area contributed by atoms with Crippen molar-refractivity contribution < 1.29 is 4.79 Å². The van der Waals surface area contributed by atoms with Crippen LogP contribution in [0.5, 0.6) is 0 Å². The second-order valence-electron chi connectivity index (χ2n) is 4.22. The van der Waals surface area contributed by atoms with E-state index in [1.54, 1.807) is 0 Å². The molecule has 1 atom stereocenters. The van der Waals surface area contributed by atoms with Gasteiger partial charge in [0.15, 0.2) is 0 Å². The molecule has 0 aromatic carbocycles. The third-order valence-electron chi connectivity index (χ3n) is 2.97. The Balaban J connectivity index is 1.87. The van der Waals surface area contributed by atoms with E-state index >= 15 is 0 Å². The van der Waals surface area contributed by atoms with Crippen LogP contribution in [-0.2, 0) is 4.79 Å². The van der Waals surface area contributed by atoms with Crippen LogP contribution in [-0.4, -0.2) is 11.9 Å².